The number of hydrogen-bond acceptors (Lipinski definition) is 2. The molecule has 0 unspecified atom stereocenters. The van der Waals surface area contributed by atoms with Crippen molar-refractivity contribution >= 4 is 83.3 Å². The minimum Gasteiger partial charge on any atom is -0.463 e. The minimum absolute atomic E-state index is 0.111. The van der Waals surface area contributed by atoms with E-state index in [9.17, 15) is 4.79 Å². The van der Waals surface area contributed by atoms with Crippen LogP contribution in [0.15, 0.2) is 12.7 Å². The number of halogens is 3. The van der Waals surface area contributed by atoms with Gasteiger partial charge in [-0.15, -0.1) is 0 Å². The summed E-state index contributed by atoms with van der Waals surface area (Å²) in [4.78, 5) is 10.8. The van der Waals surface area contributed by atoms with E-state index >= 15 is 0 Å². The number of alkyl halides is 3. The van der Waals surface area contributed by atoms with Gasteiger partial charge in [-0.2, -0.15) is 0 Å². The highest BCUT2D eigenvalue weighted by molar-refractivity contribution is 14.3. The maximum absolute atomic E-state index is 10.8. The number of carbonyl (C=O) groups excluding carboxylic acids is 1. The Morgan fingerprint density at radius 3 is 1.74 bits per heavy atom. The van der Waals surface area contributed by atoms with Crippen molar-refractivity contribution in [2.24, 2.45) is 0 Å². The summed E-state index contributed by atoms with van der Waals surface area (Å²) >= 11 is 7.76. The highest BCUT2D eigenvalue weighted by atomic mass is 127. The van der Waals surface area contributed by atoms with Crippen molar-refractivity contribution in [1.29, 1.82) is 0 Å². The zero-order valence-corrected chi connectivity index (χ0v) is 22.0. The van der Waals surface area contributed by atoms with Crippen LogP contribution in [0.25, 0.3) is 0 Å². The van der Waals surface area contributed by atoms with E-state index in [0.717, 1.165) is 6.42 Å². The molecule has 0 bridgehead atoms. The molecule has 0 radical (unpaired) electrons. The number of hydrogen-bond donors (Lipinski definition) is 0. The second-order valence-electron chi connectivity index (χ2n) is 5.98. The van der Waals surface area contributed by atoms with Crippen LogP contribution in [-0.4, -0.2) is 21.2 Å². The summed E-state index contributed by atoms with van der Waals surface area (Å²) in [5, 5.41) is 0. The van der Waals surface area contributed by atoms with Crippen molar-refractivity contribution in [2.75, 3.05) is 6.61 Å². The van der Waals surface area contributed by atoms with E-state index in [4.69, 9.17) is 4.74 Å². The van der Waals surface area contributed by atoms with Crippen molar-refractivity contribution in [2.45, 2.75) is 75.7 Å². The number of ether oxygens (including phenoxy) is 1. The highest BCUT2D eigenvalue weighted by Crippen LogP contribution is 2.35. The lowest BCUT2D eigenvalue weighted by Crippen LogP contribution is -2.10. The number of unbranched alkanes of at least 4 members (excludes halogenated alkanes) is 10. The maximum atomic E-state index is 10.8. The monoisotopic (exact) mass is 676 g/mol. The lowest BCUT2D eigenvalue weighted by molar-refractivity contribution is -0.137. The van der Waals surface area contributed by atoms with Crippen LogP contribution in [0, 0.1) is 0 Å². The Morgan fingerprint density at radius 2 is 1.30 bits per heavy atom. The molecule has 6 heteroatoms. The molecule has 2 nitrogen and oxygen atoms in total. The number of carbonyl (C=O) groups is 1. The molecule has 0 aliphatic heterocycles. The van der Waals surface area contributed by atoms with Crippen LogP contribution >= 0.6 is 67.8 Å². The minimum atomic E-state index is -0.301. The van der Waals surface area contributed by atoms with Gasteiger partial charge in [-0.25, -0.2) is 4.79 Å². The van der Waals surface area contributed by atoms with E-state index < -0.39 is 0 Å². The molecule has 0 aromatic heterocycles. The average molecular weight is 676 g/mol. The van der Waals surface area contributed by atoms with E-state index in [0.29, 0.717) is 5.67 Å². The molecular formula is C17H31I3O2Si. The van der Waals surface area contributed by atoms with Crippen molar-refractivity contribution in [3.63, 3.8) is 0 Å². The lowest BCUT2D eigenvalue weighted by Gasteiger charge is -2.10. The number of rotatable bonds is 16. The van der Waals surface area contributed by atoms with Gasteiger partial charge in [-0.3, -0.25) is 0 Å². The van der Waals surface area contributed by atoms with Crippen molar-refractivity contribution < 1.29 is 9.53 Å². The third-order valence-corrected chi connectivity index (χ3v) is 10.0. The first-order chi connectivity index (χ1) is 11.0. The van der Waals surface area contributed by atoms with Gasteiger partial charge in [0.15, 0.2) is 0 Å². The normalized spacial score (nSPS) is 12.0. The second-order valence-corrected chi connectivity index (χ2v) is 24.3. The molecule has 0 aromatic rings. The first kappa shape index (κ1) is 24.6. The Hall–Kier alpha value is 1.62. The quantitative estimate of drug-likeness (QED) is 0.0466. The lowest BCUT2D eigenvalue weighted by atomic mass is 10.1. The Morgan fingerprint density at radius 1 is 0.870 bits per heavy atom. The third kappa shape index (κ3) is 21.6. The molecule has 0 fully saturated rings. The van der Waals surface area contributed by atoms with E-state index in [-0.39, 0.29) is 15.5 Å². The summed E-state index contributed by atoms with van der Waals surface area (Å²) in [7, 11) is 0.111. The summed E-state index contributed by atoms with van der Waals surface area (Å²) in [6.07, 6.45) is 15.9. The maximum Gasteiger partial charge on any atom is 0.330 e. The van der Waals surface area contributed by atoms with Gasteiger partial charge in [0, 0.05) is 6.08 Å². The molecule has 0 aliphatic carbocycles. The third-order valence-electron chi connectivity index (χ3n) is 3.77. The fraction of sp³-hybridized carbons (Fsp3) is 0.824. The van der Waals surface area contributed by atoms with Crippen LogP contribution in [0.1, 0.15) is 70.6 Å². The second kappa shape index (κ2) is 17.1. The molecule has 0 saturated heterocycles. The summed E-state index contributed by atoms with van der Waals surface area (Å²) in [6, 6.07) is 1.51. The molecule has 0 saturated carbocycles. The van der Waals surface area contributed by atoms with E-state index in [2.05, 4.69) is 74.4 Å². The largest absolute Gasteiger partial charge is 0.463 e. The molecule has 0 aliphatic rings. The molecular weight excluding hydrogens is 645 g/mol. The van der Waals surface area contributed by atoms with Crippen molar-refractivity contribution in [1.82, 2.24) is 0 Å². The fourth-order valence-electron chi connectivity index (χ4n) is 2.43. The SMILES string of the molecule is C=CC(=O)OCCCCCCCCCCCCC[SiH2]C(I)(I)I. The molecule has 0 spiro atoms. The first-order valence-electron chi connectivity index (χ1n) is 8.81. The van der Waals surface area contributed by atoms with E-state index in [1.54, 1.807) is 0 Å². The topological polar surface area (TPSA) is 26.3 Å². The van der Waals surface area contributed by atoms with Crippen LogP contribution in [0.4, 0.5) is 0 Å². The predicted molar refractivity (Wildman–Crippen MR) is 130 cm³/mol. The Balaban J connectivity index is 3.08. The van der Waals surface area contributed by atoms with Gasteiger partial charge in [0.1, 0.15) is -0.942 Å². The predicted octanol–water partition coefficient (Wildman–Crippen LogP) is 6.51. The van der Waals surface area contributed by atoms with Crippen LogP contribution in [0.3, 0.4) is 0 Å². The van der Waals surface area contributed by atoms with Gasteiger partial charge in [-0.1, -0.05) is 145 Å². The van der Waals surface area contributed by atoms with E-state index in [1.165, 1.54) is 76.3 Å². The Kier molecular flexibility index (Phi) is 18.3. The van der Waals surface area contributed by atoms with Crippen molar-refractivity contribution in [3.05, 3.63) is 12.7 Å². The molecule has 136 valence electrons. The zero-order valence-electron chi connectivity index (χ0n) is 14.1. The van der Waals surface area contributed by atoms with Crippen molar-refractivity contribution in [3.8, 4) is 0 Å². The molecule has 0 N–H and O–H groups in total. The standard InChI is InChI=1S/C17H31I3O2Si/c1-2-16(21)22-14-12-10-8-6-4-3-5-7-9-11-13-15-23-17(18,19)20/h2H,1,3-15,23H2. The molecule has 0 heterocycles. The molecule has 0 atom stereocenters. The van der Waals surface area contributed by atoms with Crippen LogP contribution < -0.4 is 0 Å². The average Bonchev–Trinajstić information content (AvgIpc) is 2.49. The van der Waals surface area contributed by atoms with Crippen LogP contribution in [0.2, 0.25) is 6.04 Å². The van der Waals surface area contributed by atoms with Crippen LogP contribution in [-0.2, 0) is 9.53 Å². The van der Waals surface area contributed by atoms with Gasteiger partial charge in [0.25, 0.3) is 0 Å². The van der Waals surface area contributed by atoms with E-state index in [1.807, 2.05) is 0 Å². The first-order valence-corrected chi connectivity index (χ1v) is 13.8. The Bertz CT molecular complexity index is 307. The Labute approximate surface area is 186 Å². The summed E-state index contributed by atoms with van der Waals surface area (Å²) in [5.74, 6) is -0.301. The molecule has 0 amide bonds. The molecule has 0 aromatic carbocycles. The van der Waals surface area contributed by atoms with Gasteiger partial charge in [0.05, 0.1) is 16.1 Å². The fourth-order valence-corrected chi connectivity index (χ4v) is 6.86. The highest BCUT2D eigenvalue weighted by Gasteiger charge is 2.16. The van der Waals surface area contributed by atoms with Gasteiger partial charge < -0.3 is 4.74 Å². The zero-order chi connectivity index (χ0) is 17.4. The summed E-state index contributed by atoms with van der Waals surface area (Å²) in [6.45, 7) is 3.92. The van der Waals surface area contributed by atoms with Gasteiger partial charge in [0.2, 0.25) is 0 Å². The van der Waals surface area contributed by atoms with Gasteiger partial charge in [-0.05, 0) is 6.42 Å². The molecule has 23 heavy (non-hydrogen) atoms. The summed E-state index contributed by atoms with van der Waals surface area (Å²) < 4.78 is 5.51. The summed E-state index contributed by atoms with van der Waals surface area (Å²) in [5.41, 5.74) is 0. The smallest absolute Gasteiger partial charge is 0.330 e. The van der Waals surface area contributed by atoms with Gasteiger partial charge >= 0.3 is 5.97 Å². The van der Waals surface area contributed by atoms with Crippen LogP contribution in [0.5, 0.6) is 0 Å². The number of esters is 1. The molecule has 0 rings (SSSR count).